The summed E-state index contributed by atoms with van der Waals surface area (Å²) in [5, 5.41) is 2.66. The number of hydrogen-bond acceptors (Lipinski definition) is 3. The summed E-state index contributed by atoms with van der Waals surface area (Å²) in [7, 11) is 1.31. The van der Waals surface area contributed by atoms with Crippen LogP contribution in [0.5, 0.6) is 0 Å². The highest BCUT2D eigenvalue weighted by Crippen LogP contribution is 2.06. The van der Waals surface area contributed by atoms with E-state index in [0.29, 0.717) is 6.42 Å². The SMILES string of the molecule is COC(=O)C(Cc1ccccc1)NC(=O)C(C)Br. The lowest BCUT2D eigenvalue weighted by Crippen LogP contribution is -2.45. The highest BCUT2D eigenvalue weighted by Gasteiger charge is 2.23. The van der Waals surface area contributed by atoms with Gasteiger partial charge in [-0.1, -0.05) is 46.3 Å². The maximum Gasteiger partial charge on any atom is 0.328 e. The van der Waals surface area contributed by atoms with Crippen molar-refractivity contribution in [2.45, 2.75) is 24.2 Å². The van der Waals surface area contributed by atoms with Crippen molar-refractivity contribution in [3.05, 3.63) is 35.9 Å². The number of halogens is 1. The molecule has 0 saturated heterocycles. The van der Waals surface area contributed by atoms with E-state index in [1.165, 1.54) is 7.11 Å². The molecule has 0 saturated carbocycles. The Morgan fingerprint density at radius 1 is 1.33 bits per heavy atom. The zero-order valence-electron chi connectivity index (χ0n) is 10.4. The minimum absolute atomic E-state index is 0.235. The van der Waals surface area contributed by atoms with E-state index < -0.39 is 12.0 Å². The number of alkyl halides is 1. The fourth-order valence-electron chi connectivity index (χ4n) is 1.47. The van der Waals surface area contributed by atoms with E-state index in [1.807, 2.05) is 30.3 Å². The first kappa shape index (κ1) is 14.7. The summed E-state index contributed by atoms with van der Waals surface area (Å²) in [5.74, 6) is -0.679. The quantitative estimate of drug-likeness (QED) is 0.664. The zero-order chi connectivity index (χ0) is 13.5. The van der Waals surface area contributed by atoms with Gasteiger partial charge in [0.15, 0.2) is 0 Å². The Kier molecular flexibility index (Phi) is 5.85. The van der Waals surface area contributed by atoms with E-state index in [2.05, 4.69) is 21.2 Å². The summed E-state index contributed by atoms with van der Waals surface area (Å²) in [6.45, 7) is 1.70. The van der Waals surface area contributed by atoms with E-state index in [4.69, 9.17) is 4.74 Å². The largest absolute Gasteiger partial charge is 0.467 e. The first-order valence-electron chi connectivity index (χ1n) is 5.60. The molecule has 98 valence electrons. The van der Waals surface area contributed by atoms with E-state index in [9.17, 15) is 9.59 Å². The maximum absolute atomic E-state index is 11.6. The number of benzene rings is 1. The third-order valence-corrected chi connectivity index (χ3v) is 2.86. The van der Waals surface area contributed by atoms with E-state index in [1.54, 1.807) is 6.92 Å². The molecule has 1 N–H and O–H groups in total. The van der Waals surface area contributed by atoms with Crippen molar-refractivity contribution in [3.63, 3.8) is 0 Å². The predicted octanol–water partition coefficient (Wildman–Crippen LogP) is 1.67. The molecule has 1 amide bonds. The van der Waals surface area contributed by atoms with Gasteiger partial charge in [-0.2, -0.15) is 0 Å². The topological polar surface area (TPSA) is 55.4 Å². The minimum Gasteiger partial charge on any atom is -0.467 e. The lowest BCUT2D eigenvalue weighted by molar-refractivity contribution is -0.144. The number of carbonyl (C=O) groups excluding carboxylic acids is 2. The van der Waals surface area contributed by atoms with E-state index in [-0.39, 0.29) is 10.7 Å². The van der Waals surface area contributed by atoms with Crippen LogP contribution < -0.4 is 5.32 Å². The van der Waals surface area contributed by atoms with Crippen LogP contribution in [0.25, 0.3) is 0 Å². The molecule has 0 heterocycles. The summed E-state index contributed by atoms with van der Waals surface area (Å²) >= 11 is 3.16. The van der Waals surface area contributed by atoms with Gasteiger partial charge < -0.3 is 10.1 Å². The number of amides is 1. The van der Waals surface area contributed by atoms with Gasteiger partial charge in [0.25, 0.3) is 0 Å². The van der Waals surface area contributed by atoms with Gasteiger partial charge in [0.2, 0.25) is 5.91 Å². The number of methoxy groups -OCH3 is 1. The van der Waals surface area contributed by atoms with Crippen molar-refractivity contribution in [2.75, 3.05) is 7.11 Å². The molecule has 0 aliphatic heterocycles. The standard InChI is InChI=1S/C13H16BrNO3/c1-9(14)12(16)15-11(13(17)18-2)8-10-6-4-3-5-7-10/h3-7,9,11H,8H2,1-2H3,(H,15,16). The Morgan fingerprint density at radius 2 is 1.94 bits per heavy atom. The van der Waals surface area contributed by atoms with Gasteiger partial charge in [-0.15, -0.1) is 0 Å². The van der Waals surface area contributed by atoms with Crippen molar-refractivity contribution in [1.29, 1.82) is 0 Å². The molecule has 0 fully saturated rings. The van der Waals surface area contributed by atoms with Crippen LogP contribution in [0.1, 0.15) is 12.5 Å². The Bertz CT molecular complexity index is 406. The summed E-state index contributed by atoms with van der Waals surface area (Å²) in [5.41, 5.74) is 0.968. The summed E-state index contributed by atoms with van der Waals surface area (Å²) in [6, 6.07) is 8.82. The number of hydrogen-bond donors (Lipinski definition) is 1. The highest BCUT2D eigenvalue weighted by atomic mass is 79.9. The smallest absolute Gasteiger partial charge is 0.328 e. The first-order chi connectivity index (χ1) is 8.54. The average molecular weight is 314 g/mol. The molecule has 0 bridgehead atoms. The van der Waals surface area contributed by atoms with Crippen LogP contribution in [0, 0.1) is 0 Å². The molecule has 2 atom stereocenters. The van der Waals surface area contributed by atoms with Crippen molar-refractivity contribution in [1.82, 2.24) is 5.32 Å². The molecular weight excluding hydrogens is 298 g/mol. The van der Waals surface area contributed by atoms with Gasteiger partial charge in [0.05, 0.1) is 11.9 Å². The van der Waals surface area contributed by atoms with Crippen molar-refractivity contribution in [2.24, 2.45) is 0 Å². The van der Waals surface area contributed by atoms with Crippen LogP contribution in [-0.4, -0.2) is 29.9 Å². The molecule has 0 aliphatic rings. The van der Waals surface area contributed by atoms with Crippen LogP contribution in [0.4, 0.5) is 0 Å². The van der Waals surface area contributed by atoms with Gasteiger partial charge in [0.1, 0.15) is 6.04 Å². The third kappa shape index (κ3) is 4.49. The monoisotopic (exact) mass is 313 g/mol. The van der Waals surface area contributed by atoms with E-state index >= 15 is 0 Å². The molecule has 18 heavy (non-hydrogen) atoms. The highest BCUT2D eigenvalue weighted by molar-refractivity contribution is 9.10. The second-order valence-corrected chi connectivity index (χ2v) is 5.26. The lowest BCUT2D eigenvalue weighted by atomic mass is 10.1. The maximum atomic E-state index is 11.6. The molecule has 4 nitrogen and oxygen atoms in total. The molecule has 1 aromatic carbocycles. The van der Waals surface area contributed by atoms with Crippen LogP contribution in [-0.2, 0) is 20.7 Å². The number of ether oxygens (including phenoxy) is 1. The molecule has 1 rings (SSSR count). The summed E-state index contributed by atoms with van der Waals surface area (Å²) < 4.78 is 4.70. The van der Waals surface area contributed by atoms with Gasteiger partial charge >= 0.3 is 5.97 Å². The molecule has 0 radical (unpaired) electrons. The van der Waals surface area contributed by atoms with E-state index in [0.717, 1.165) is 5.56 Å². The second-order valence-electron chi connectivity index (χ2n) is 3.89. The molecule has 0 aromatic heterocycles. The first-order valence-corrected chi connectivity index (χ1v) is 6.52. The Balaban J connectivity index is 2.73. The van der Waals surface area contributed by atoms with Gasteiger partial charge in [-0.25, -0.2) is 4.79 Å². The van der Waals surface area contributed by atoms with Gasteiger partial charge in [-0.05, 0) is 12.5 Å². The van der Waals surface area contributed by atoms with Crippen LogP contribution in [0.15, 0.2) is 30.3 Å². The molecule has 5 heteroatoms. The molecule has 0 aliphatic carbocycles. The normalized spacial score (nSPS) is 13.5. The molecule has 0 spiro atoms. The van der Waals surface area contributed by atoms with Crippen LogP contribution in [0.3, 0.4) is 0 Å². The minimum atomic E-state index is -0.662. The number of rotatable bonds is 5. The predicted molar refractivity (Wildman–Crippen MR) is 72.5 cm³/mol. The number of esters is 1. The molecular formula is C13H16BrNO3. The summed E-state index contributed by atoms with van der Waals surface area (Å²) in [4.78, 5) is 22.9. The van der Waals surface area contributed by atoms with Crippen LogP contribution in [0.2, 0.25) is 0 Å². The molecule has 2 unspecified atom stereocenters. The average Bonchev–Trinajstić information content (AvgIpc) is 2.38. The second kappa shape index (κ2) is 7.16. The Labute approximate surface area is 115 Å². The van der Waals surface area contributed by atoms with Crippen molar-refractivity contribution < 1.29 is 14.3 Å². The van der Waals surface area contributed by atoms with Crippen molar-refractivity contribution in [3.8, 4) is 0 Å². The van der Waals surface area contributed by atoms with Gasteiger partial charge in [0, 0.05) is 6.42 Å². The number of carbonyl (C=O) groups is 2. The molecule has 1 aromatic rings. The van der Waals surface area contributed by atoms with Crippen molar-refractivity contribution >= 4 is 27.8 Å². The Hall–Kier alpha value is -1.36. The third-order valence-electron chi connectivity index (χ3n) is 2.45. The number of nitrogens with one attached hydrogen (secondary N) is 1. The van der Waals surface area contributed by atoms with Crippen LogP contribution >= 0.6 is 15.9 Å². The lowest BCUT2D eigenvalue weighted by Gasteiger charge is -2.17. The Morgan fingerprint density at radius 3 is 2.44 bits per heavy atom. The zero-order valence-corrected chi connectivity index (χ0v) is 11.9. The fourth-order valence-corrected chi connectivity index (χ4v) is 1.60. The fraction of sp³-hybridized carbons (Fsp3) is 0.385. The summed E-state index contributed by atoms with van der Waals surface area (Å²) in [6.07, 6.45) is 0.416. The van der Waals surface area contributed by atoms with Gasteiger partial charge in [-0.3, -0.25) is 4.79 Å².